The fraction of sp³-hybridized carbons (Fsp3) is 0.0909. The van der Waals surface area contributed by atoms with Crippen LogP contribution >= 0.6 is 0 Å². The highest BCUT2D eigenvalue weighted by Crippen LogP contribution is 2.11. The Labute approximate surface area is 101 Å². The average Bonchev–Trinajstić information content (AvgIpc) is 2.85. The summed E-state index contributed by atoms with van der Waals surface area (Å²) in [4.78, 5) is 11.9. The van der Waals surface area contributed by atoms with Crippen LogP contribution in [-0.2, 0) is 6.73 Å². The summed E-state index contributed by atoms with van der Waals surface area (Å²) in [6.07, 6.45) is 1.42. The molecule has 7 heteroatoms. The Hall–Kier alpha value is -2.54. The highest BCUT2D eigenvalue weighted by molar-refractivity contribution is 5.74. The standard InChI is InChI=1S/C11H9N5O2/c17-7-15-11(18)9-6-12-16(10(9)13-14-15)8-4-2-1-3-5-8/h1-6,17H,7H2. The summed E-state index contributed by atoms with van der Waals surface area (Å²) in [5.74, 6) is 0. The van der Waals surface area contributed by atoms with Gasteiger partial charge >= 0.3 is 0 Å². The summed E-state index contributed by atoms with van der Waals surface area (Å²) in [6, 6.07) is 9.33. The second-order valence-electron chi connectivity index (χ2n) is 3.66. The summed E-state index contributed by atoms with van der Waals surface area (Å²) >= 11 is 0. The Balaban J connectivity index is 2.29. The summed E-state index contributed by atoms with van der Waals surface area (Å²) < 4.78 is 2.41. The monoisotopic (exact) mass is 243 g/mol. The molecule has 0 radical (unpaired) electrons. The third-order valence-corrected chi connectivity index (χ3v) is 2.59. The van der Waals surface area contributed by atoms with Crippen LogP contribution in [0.4, 0.5) is 0 Å². The van der Waals surface area contributed by atoms with Crippen LogP contribution in [0.1, 0.15) is 0 Å². The number of benzene rings is 1. The van der Waals surface area contributed by atoms with E-state index in [4.69, 9.17) is 5.11 Å². The lowest BCUT2D eigenvalue weighted by Gasteiger charge is -2.02. The van der Waals surface area contributed by atoms with Crippen LogP contribution < -0.4 is 5.56 Å². The fourth-order valence-electron chi connectivity index (χ4n) is 1.72. The SMILES string of the molecule is O=c1c2cnn(-c3ccccc3)c2nnn1CO. The van der Waals surface area contributed by atoms with E-state index in [1.165, 1.54) is 10.9 Å². The van der Waals surface area contributed by atoms with E-state index in [-0.39, 0.29) is 0 Å². The number of rotatable bonds is 2. The van der Waals surface area contributed by atoms with Crippen molar-refractivity contribution in [1.29, 1.82) is 0 Å². The van der Waals surface area contributed by atoms with Crippen molar-refractivity contribution in [2.75, 3.05) is 0 Å². The van der Waals surface area contributed by atoms with Gasteiger partial charge in [0.25, 0.3) is 5.56 Å². The normalized spacial score (nSPS) is 10.9. The van der Waals surface area contributed by atoms with Crippen molar-refractivity contribution in [3.8, 4) is 5.69 Å². The van der Waals surface area contributed by atoms with Gasteiger partial charge in [-0.05, 0) is 12.1 Å². The summed E-state index contributed by atoms with van der Waals surface area (Å²) in [6.45, 7) is -0.502. The lowest BCUT2D eigenvalue weighted by molar-refractivity contribution is 0.185. The van der Waals surface area contributed by atoms with Crippen LogP contribution in [0.25, 0.3) is 16.7 Å². The third kappa shape index (κ3) is 1.49. The molecule has 0 unspecified atom stereocenters. The first kappa shape index (κ1) is 10.6. The molecule has 0 aliphatic heterocycles. The minimum Gasteiger partial charge on any atom is -0.374 e. The number of aliphatic hydroxyl groups excluding tert-OH is 1. The predicted octanol–water partition coefficient (Wildman–Crippen LogP) is -0.0730. The number of hydrogen-bond acceptors (Lipinski definition) is 5. The molecule has 0 saturated heterocycles. The second kappa shape index (κ2) is 4.04. The molecule has 1 N–H and O–H groups in total. The first-order valence-corrected chi connectivity index (χ1v) is 5.29. The van der Waals surface area contributed by atoms with E-state index < -0.39 is 12.3 Å². The number of nitrogens with zero attached hydrogens (tertiary/aromatic N) is 5. The minimum atomic E-state index is -0.502. The first-order chi connectivity index (χ1) is 8.81. The van der Waals surface area contributed by atoms with Crippen molar-refractivity contribution < 1.29 is 5.11 Å². The number of aromatic nitrogens is 5. The maximum Gasteiger partial charge on any atom is 0.283 e. The van der Waals surface area contributed by atoms with Gasteiger partial charge in [-0.3, -0.25) is 4.79 Å². The van der Waals surface area contributed by atoms with E-state index in [2.05, 4.69) is 15.4 Å². The van der Waals surface area contributed by atoms with Crippen LogP contribution in [0.2, 0.25) is 0 Å². The van der Waals surface area contributed by atoms with E-state index in [1.807, 2.05) is 30.3 Å². The second-order valence-corrected chi connectivity index (χ2v) is 3.66. The van der Waals surface area contributed by atoms with Gasteiger partial charge in [0.2, 0.25) is 0 Å². The fourth-order valence-corrected chi connectivity index (χ4v) is 1.72. The van der Waals surface area contributed by atoms with Crippen LogP contribution in [0.3, 0.4) is 0 Å². The quantitative estimate of drug-likeness (QED) is 0.680. The Bertz CT molecular complexity index is 747. The largest absolute Gasteiger partial charge is 0.374 e. The molecule has 3 rings (SSSR count). The smallest absolute Gasteiger partial charge is 0.283 e. The molecule has 0 aliphatic rings. The van der Waals surface area contributed by atoms with Gasteiger partial charge in [-0.2, -0.15) is 9.78 Å². The molecule has 0 saturated carbocycles. The molecule has 0 amide bonds. The number of fused-ring (bicyclic) bond motifs is 1. The molecule has 3 aromatic rings. The van der Waals surface area contributed by atoms with Gasteiger partial charge in [0.1, 0.15) is 12.1 Å². The van der Waals surface area contributed by atoms with Gasteiger partial charge in [-0.1, -0.05) is 23.4 Å². The van der Waals surface area contributed by atoms with Gasteiger partial charge in [-0.15, -0.1) is 5.10 Å². The molecular formula is C11H9N5O2. The lowest BCUT2D eigenvalue weighted by atomic mass is 10.3. The van der Waals surface area contributed by atoms with Crippen molar-refractivity contribution >= 4 is 11.0 Å². The highest BCUT2D eigenvalue weighted by Gasteiger charge is 2.11. The summed E-state index contributed by atoms with van der Waals surface area (Å²) in [5, 5.41) is 20.9. The van der Waals surface area contributed by atoms with Crippen molar-refractivity contribution in [3.05, 3.63) is 46.9 Å². The third-order valence-electron chi connectivity index (χ3n) is 2.59. The van der Waals surface area contributed by atoms with Crippen molar-refractivity contribution in [2.24, 2.45) is 0 Å². The summed E-state index contributed by atoms with van der Waals surface area (Å²) in [5.41, 5.74) is 0.753. The maximum absolute atomic E-state index is 11.9. The molecule has 18 heavy (non-hydrogen) atoms. The Morgan fingerprint density at radius 1 is 1.22 bits per heavy atom. The molecular weight excluding hydrogens is 234 g/mol. The van der Waals surface area contributed by atoms with Gasteiger partial charge in [0.05, 0.1) is 11.9 Å². The molecule has 0 atom stereocenters. The molecule has 0 spiro atoms. The summed E-state index contributed by atoms with van der Waals surface area (Å²) in [7, 11) is 0. The van der Waals surface area contributed by atoms with Crippen molar-refractivity contribution in [1.82, 2.24) is 24.8 Å². The molecule has 2 heterocycles. The zero-order valence-electron chi connectivity index (χ0n) is 9.26. The van der Waals surface area contributed by atoms with E-state index in [0.29, 0.717) is 11.0 Å². The zero-order chi connectivity index (χ0) is 12.5. The van der Waals surface area contributed by atoms with E-state index in [9.17, 15) is 4.79 Å². The van der Waals surface area contributed by atoms with E-state index in [0.717, 1.165) is 10.4 Å². The zero-order valence-corrected chi connectivity index (χ0v) is 9.26. The topological polar surface area (TPSA) is 85.8 Å². The van der Waals surface area contributed by atoms with Gasteiger partial charge in [0, 0.05) is 0 Å². The Morgan fingerprint density at radius 2 is 2.00 bits per heavy atom. The predicted molar refractivity (Wildman–Crippen MR) is 63.1 cm³/mol. The van der Waals surface area contributed by atoms with Crippen molar-refractivity contribution in [2.45, 2.75) is 6.73 Å². The molecule has 0 aliphatic carbocycles. The van der Waals surface area contributed by atoms with Gasteiger partial charge in [-0.25, -0.2) is 4.68 Å². The molecule has 0 bridgehead atoms. The number of hydrogen-bond donors (Lipinski definition) is 1. The van der Waals surface area contributed by atoms with Crippen LogP contribution in [0, 0.1) is 0 Å². The molecule has 7 nitrogen and oxygen atoms in total. The van der Waals surface area contributed by atoms with Crippen LogP contribution in [0.15, 0.2) is 41.3 Å². The average molecular weight is 243 g/mol. The molecule has 90 valence electrons. The van der Waals surface area contributed by atoms with E-state index >= 15 is 0 Å². The van der Waals surface area contributed by atoms with Crippen LogP contribution in [0.5, 0.6) is 0 Å². The lowest BCUT2D eigenvalue weighted by Crippen LogP contribution is -2.24. The molecule has 0 fully saturated rings. The highest BCUT2D eigenvalue weighted by atomic mass is 16.3. The van der Waals surface area contributed by atoms with Gasteiger partial charge < -0.3 is 5.11 Å². The van der Waals surface area contributed by atoms with Crippen molar-refractivity contribution in [3.63, 3.8) is 0 Å². The molecule has 1 aromatic carbocycles. The van der Waals surface area contributed by atoms with Crippen LogP contribution in [-0.4, -0.2) is 29.9 Å². The van der Waals surface area contributed by atoms with Gasteiger partial charge in [0.15, 0.2) is 5.65 Å². The molecule has 2 aromatic heterocycles. The van der Waals surface area contributed by atoms with E-state index in [1.54, 1.807) is 0 Å². The maximum atomic E-state index is 11.9. The number of aliphatic hydroxyl groups is 1. The Morgan fingerprint density at radius 3 is 2.72 bits per heavy atom. The Kier molecular flexibility index (Phi) is 2.38. The number of para-hydroxylation sites is 1. The first-order valence-electron chi connectivity index (χ1n) is 5.29. The minimum absolute atomic E-state index is 0.322.